The smallest absolute Gasteiger partial charge is 0.0272 e. The summed E-state index contributed by atoms with van der Waals surface area (Å²) in [5.41, 5.74) is 0. The minimum Gasteiger partial charge on any atom is -0.0651 e. The second-order valence-electron chi connectivity index (χ2n) is 4.05. The standard InChI is InChI=1S/C11H22/c1-5-10-8(3)7-9(4)11(10)6-2/h8-11H,5-7H2,1-4H3/i7D. The first-order chi connectivity index (χ1) is 5.63. The van der Waals surface area contributed by atoms with Gasteiger partial charge in [0.05, 0.1) is 0 Å². The molecule has 4 unspecified atom stereocenters. The van der Waals surface area contributed by atoms with Crippen LogP contribution in [0.1, 0.15) is 48.3 Å². The van der Waals surface area contributed by atoms with Gasteiger partial charge in [0.25, 0.3) is 0 Å². The number of hydrogen-bond donors (Lipinski definition) is 0. The van der Waals surface area contributed by atoms with Gasteiger partial charge in [-0.1, -0.05) is 40.5 Å². The summed E-state index contributed by atoms with van der Waals surface area (Å²) in [5.74, 6) is 2.87. The van der Waals surface area contributed by atoms with Crippen molar-refractivity contribution in [2.24, 2.45) is 23.7 Å². The molecule has 0 aromatic heterocycles. The summed E-state index contributed by atoms with van der Waals surface area (Å²) in [7, 11) is 0. The maximum absolute atomic E-state index is 8.01. The zero-order valence-electron chi connectivity index (χ0n) is 9.30. The molecule has 0 saturated heterocycles. The van der Waals surface area contributed by atoms with Gasteiger partial charge in [0, 0.05) is 1.37 Å². The van der Waals surface area contributed by atoms with Crippen LogP contribution >= 0.6 is 0 Å². The van der Waals surface area contributed by atoms with E-state index < -0.39 is 0 Å². The summed E-state index contributed by atoms with van der Waals surface area (Å²) < 4.78 is 8.01. The SMILES string of the molecule is [2H]C1C(C)C(CC)C(CC)C1C. The maximum atomic E-state index is 8.01. The van der Waals surface area contributed by atoms with Gasteiger partial charge in [-0.15, -0.1) is 0 Å². The lowest BCUT2D eigenvalue weighted by molar-refractivity contribution is 0.282. The third-order valence-corrected chi connectivity index (χ3v) is 3.45. The molecule has 0 nitrogen and oxygen atoms in total. The van der Waals surface area contributed by atoms with Gasteiger partial charge in [-0.2, -0.15) is 0 Å². The summed E-state index contributed by atoms with van der Waals surface area (Å²) in [6.45, 7) is 9.07. The van der Waals surface area contributed by atoms with E-state index in [0.29, 0.717) is 11.8 Å². The third-order valence-electron chi connectivity index (χ3n) is 3.45. The van der Waals surface area contributed by atoms with Crippen molar-refractivity contribution in [2.75, 3.05) is 0 Å². The van der Waals surface area contributed by atoms with E-state index >= 15 is 0 Å². The molecule has 1 rings (SSSR count). The molecule has 66 valence electrons. The van der Waals surface area contributed by atoms with Crippen LogP contribution in [0.15, 0.2) is 0 Å². The van der Waals surface area contributed by atoms with Crippen LogP contribution in [0.5, 0.6) is 0 Å². The molecule has 1 aliphatic carbocycles. The van der Waals surface area contributed by atoms with E-state index in [4.69, 9.17) is 1.37 Å². The number of hydrogen-bond acceptors (Lipinski definition) is 0. The number of rotatable bonds is 2. The van der Waals surface area contributed by atoms with Gasteiger partial charge in [0.1, 0.15) is 0 Å². The molecule has 1 fully saturated rings. The second-order valence-corrected chi connectivity index (χ2v) is 4.05. The van der Waals surface area contributed by atoms with Crippen LogP contribution in [-0.4, -0.2) is 0 Å². The Balaban J connectivity index is 2.72. The molecular weight excluding hydrogens is 132 g/mol. The fourth-order valence-electron chi connectivity index (χ4n) is 2.89. The zero-order valence-corrected chi connectivity index (χ0v) is 8.30. The average Bonchev–Trinajstić information content (AvgIpc) is 2.29. The Morgan fingerprint density at radius 1 is 1.09 bits per heavy atom. The van der Waals surface area contributed by atoms with Crippen molar-refractivity contribution < 1.29 is 1.37 Å². The Morgan fingerprint density at radius 3 is 1.73 bits per heavy atom. The van der Waals surface area contributed by atoms with E-state index in [9.17, 15) is 0 Å². The summed E-state index contributed by atoms with van der Waals surface area (Å²) in [4.78, 5) is 0. The van der Waals surface area contributed by atoms with Gasteiger partial charge >= 0.3 is 0 Å². The fraction of sp³-hybridized carbons (Fsp3) is 1.00. The van der Waals surface area contributed by atoms with Crippen molar-refractivity contribution in [1.29, 1.82) is 0 Å². The first kappa shape index (κ1) is 7.64. The minimum absolute atomic E-state index is 0.194. The average molecular weight is 155 g/mol. The normalized spacial score (nSPS) is 52.7. The van der Waals surface area contributed by atoms with E-state index in [1.807, 2.05) is 0 Å². The quantitative estimate of drug-likeness (QED) is 0.570. The fourth-order valence-corrected chi connectivity index (χ4v) is 2.89. The van der Waals surface area contributed by atoms with Crippen LogP contribution in [0.25, 0.3) is 0 Å². The van der Waals surface area contributed by atoms with Crippen LogP contribution in [0, 0.1) is 23.7 Å². The minimum atomic E-state index is 0.194. The molecule has 4 atom stereocenters. The Hall–Kier alpha value is 0. The molecule has 0 aromatic carbocycles. The largest absolute Gasteiger partial charge is 0.0651 e. The molecule has 0 heterocycles. The highest BCUT2D eigenvalue weighted by Crippen LogP contribution is 2.44. The van der Waals surface area contributed by atoms with Crippen molar-refractivity contribution >= 4 is 0 Å². The van der Waals surface area contributed by atoms with E-state index in [1.165, 1.54) is 12.8 Å². The van der Waals surface area contributed by atoms with Gasteiger partial charge in [-0.25, -0.2) is 0 Å². The summed E-state index contributed by atoms with van der Waals surface area (Å²) in [5, 5.41) is 0. The second kappa shape index (κ2) is 3.60. The lowest BCUT2D eigenvalue weighted by atomic mass is 9.84. The van der Waals surface area contributed by atoms with Gasteiger partial charge in [-0.3, -0.25) is 0 Å². The van der Waals surface area contributed by atoms with Crippen molar-refractivity contribution in [1.82, 2.24) is 0 Å². The highest BCUT2D eigenvalue weighted by molar-refractivity contribution is 4.85. The molecule has 0 spiro atoms. The van der Waals surface area contributed by atoms with Crippen LogP contribution in [0.4, 0.5) is 0 Å². The first-order valence-corrected chi connectivity index (χ1v) is 5.05. The predicted octanol–water partition coefficient (Wildman–Crippen LogP) is 3.71. The Bertz CT molecular complexity index is 128. The summed E-state index contributed by atoms with van der Waals surface area (Å²) in [6.07, 6.45) is 2.72. The highest BCUT2D eigenvalue weighted by Gasteiger charge is 2.35. The van der Waals surface area contributed by atoms with Crippen LogP contribution in [0.2, 0.25) is 0 Å². The molecule has 0 bridgehead atoms. The molecule has 0 aromatic rings. The molecule has 1 aliphatic rings. The third kappa shape index (κ3) is 1.60. The van der Waals surface area contributed by atoms with E-state index in [1.54, 1.807) is 0 Å². The molecule has 0 heteroatoms. The Kier molecular flexibility index (Phi) is 2.50. The van der Waals surface area contributed by atoms with E-state index in [0.717, 1.165) is 11.8 Å². The van der Waals surface area contributed by atoms with Crippen LogP contribution in [0.3, 0.4) is 0 Å². The van der Waals surface area contributed by atoms with Crippen molar-refractivity contribution in [2.45, 2.75) is 46.9 Å². The Labute approximate surface area is 72.8 Å². The molecule has 0 radical (unpaired) electrons. The first-order valence-electron chi connectivity index (χ1n) is 5.63. The van der Waals surface area contributed by atoms with Gasteiger partial charge in [-0.05, 0) is 30.1 Å². The van der Waals surface area contributed by atoms with Crippen molar-refractivity contribution in [3.63, 3.8) is 0 Å². The van der Waals surface area contributed by atoms with Crippen LogP contribution in [-0.2, 0) is 0 Å². The molecule has 0 amide bonds. The summed E-state index contributed by atoms with van der Waals surface area (Å²) >= 11 is 0. The van der Waals surface area contributed by atoms with E-state index in [-0.39, 0.29) is 6.40 Å². The molecule has 0 N–H and O–H groups in total. The lowest BCUT2D eigenvalue weighted by Crippen LogP contribution is -2.13. The summed E-state index contributed by atoms with van der Waals surface area (Å²) in [6, 6.07) is 0. The highest BCUT2D eigenvalue weighted by atomic mass is 14.4. The molecule has 11 heavy (non-hydrogen) atoms. The molecule has 0 aliphatic heterocycles. The topological polar surface area (TPSA) is 0 Å². The van der Waals surface area contributed by atoms with E-state index in [2.05, 4.69) is 27.7 Å². The van der Waals surface area contributed by atoms with Gasteiger partial charge < -0.3 is 0 Å². The van der Waals surface area contributed by atoms with Gasteiger partial charge in [0.2, 0.25) is 0 Å². The Morgan fingerprint density at radius 2 is 1.45 bits per heavy atom. The predicted molar refractivity (Wildman–Crippen MR) is 50.5 cm³/mol. The van der Waals surface area contributed by atoms with Crippen LogP contribution < -0.4 is 0 Å². The maximum Gasteiger partial charge on any atom is 0.0272 e. The molecular formula is C11H22. The zero-order chi connectivity index (χ0) is 9.30. The van der Waals surface area contributed by atoms with Crippen molar-refractivity contribution in [3.05, 3.63) is 0 Å². The monoisotopic (exact) mass is 155 g/mol. The molecule has 1 saturated carbocycles. The lowest BCUT2D eigenvalue weighted by Gasteiger charge is -2.21. The van der Waals surface area contributed by atoms with Gasteiger partial charge in [0.15, 0.2) is 0 Å². The van der Waals surface area contributed by atoms with Crippen molar-refractivity contribution in [3.8, 4) is 0 Å².